The summed E-state index contributed by atoms with van der Waals surface area (Å²) in [7, 11) is -3.06. The molecule has 0 aliphatic heterocycles. The fourth-order valence-corrected chi connectivity index (χ4v) is 3.67. The summed E-state index contributed by atoms with van der Waals surface area (Å²) in [6.07, 6.45) is 3.31. The molecule has 0 spiro atoms. The van der Waals surface area contributed by atoms with Crippen molar-refractivity contribution in [2.24, 2.45) is 5.92 Å². The Morgan fingerprint density at radius 1 is 1.20 bits per heavy atom. The summed E-state index contributed by atoms with van der Waals surface area (Å²) in [5.41, 5.74) is 0. The fraction of sp³-hybridized carbons (Fsp3) is 0.455. The van der Waals surface area contributed by atoms with Gasteiger partial charge in [0, 0.05) is 4.47 Å². The van der Waals surface area contributed by atoms with E-state index in [9.17, 15) is 8.42 Å². The number of rotatable bonds is 3. The van der Waals surface area contributed by atoms with Crippen molar-refractivity contribution in [1.82, 2.24) is 0 Å². The molecule has 0 N–H and O–H groups in total. The van der Waals surface area contributed by atoms with E-state index in [1.807, 2.05) is 0 Å². The molecule has 1 aliphatic carbocycles. The van der Waals surface area contributed by atoms with Gasteiger partial charge in [0.05, 0.1) is 10.6 Å². The minimum atomic E-state index is -3.06. The fourth-order valence-electron chi connectivity index (χ4n) is 1.71. The molecule has 2 rings (SSSR count). The van der Waals surface area contributed by atoms with Gasteiger partial charge in [-0.15, -0.1) is 0 Å². The largest absolute Gasteiger partial charge is 0.224 e. The summed E-state index contributed by atoms with van der Waals surface area (Å²) in [5.74, 6) is 0.702. The smallest absolute Gasteiger partial charge is 0.178 e. The molecule has 0 atom stereocenters. The van der Waals surface area contributed by atoms with Gasteiger partial charge in [-0.1, -0.05) is 22.4 Å². The van der Waals surface area contributed by atoms with Gasteiger partial charge in [-0.3, -0.25) is 0 Å². The van der Waals surface area contributed by atoms with Crippen LogP contribution in [0.25, 0.3) is 0 Å². The molecular weight excluding hydrogens is 276 g/mol. The minimum absolute atomic E-state index is 0.314. The number of halogens is 1. The Kier molecular flexibility index (Phi) is 3.16. The van der Waals surface area contributed by atoms with E-state index >= 15 is 0 Å². The van der Waals surface area contributed by atoms with Crippen LogP contribution >= 0.6 is 15.9 Å². The number of hydrogen-bond donors (Lipinski definition) is 0. The maximum atomic E-state index is 11.9. The lowest BCUT2D eigenvalue weighted by Gasteiger charge is -2.24. The van der Waals surface area contributed by atoms with E-state index in [2.05, 4.69) is 15.9 Å². The average molecular weight is 289 g/mol. The molecule has 82 valence electrons. The molecule has 0 unspecified atom stereocenters. The zero-order chi connectivity index (χ0) is 10.9. The Hall–Kier alpha value is -0.350. The topological polar surface area (TPSA) is 34.1 Å². The quantitative estimate of drug-likeness (QED) is 0.857. The zero-order valence-electron chi connectivity index (χ0n) is 8.32. The number of hydrogen-bond acceptors (Lipinski definition) is 2. The van der Waals surface area contributed by atoms with Crippen molar-refractivity contribution in [1.29, 1.82) is 0 Å². The summed E-state index contributed by atoms with van der Waals surface area (Å²) >= 11 is 3.29. The van der Waals surface area contributed by atoms with Gasteiger partial charge in [0.25, 0.3) is 0 Å². The maximum Gasteiger partial charge on any atom is 0.178 e. The van der Waals surface area contributed by atoms with Gasteiger partial charge >= 0.3 is 0 Å². The Labute approximate surface area is 98.7 Å². The second kappa shape index (κ2) is 4.26. The standard InChI is InChI=1S/C11H13BrO2S/c12-10-4-6-11(7-5-10)15(13,14)8-9-2-1-3-9/h4-7,9H,1-3,8H2. The molecule has 1 fully saturated rings. The first kappa shape index (κ1) is 11.1. The predicted molar refractivity (Wildman–Crippen MR) is 63.5 cm³/mol. The van der Waals surface area contributed by atoms with Crippen LogP contribution in [0.3, 0.4) is 0 Å². The predicted octanol–water partition coefficient (Wildman–Crippen LogP) is 3.02. The highest BCUT2D eigenvalue weighted by Gasteiger charge is 2.25. The zero-order valence-corrected chi connectivity index (χ0v) is 10.7. The molecule has 1 aromatic rings. The molecule has 15 heavy (non-hydrogen) atoms. The van der Waals surface area contributed by atoms with E-state index in [0.717, 1.165) is 17.3 Å². The minimum Gasteiger partial charge on any atom is -0.224 e. The molecule has 1 saturated carbocycles. The first-order chi connectivity index (χ1) is 7.08. The van der Waals surface area contributed by atoms with Crippen molar-refractivity contribution >= 4 is 25.8 Å². The van der Waals surface area contributed by atoms with Crippen LogP contribution in [0.4, 0.5) is 0 Å². The van der Waals surface area contributed by atoms with Gasteiger partial charge in [-0.25, -0.2) is 8.42 Å². The van der Waals surface area contributed by atoms with E-state index in [1.165, 1.54) is 6.42 Å². The van der Waals surface area contributed by atoms with Crippen molar-refractivity contribution in [3.8, 4) is 0 Å². The highest BCUT2D eigenvalue weighted by atomic mass is 79.9. The van der Waals surface area contributed by atoms with E-state index in [0.29, 0.717) is 16.6 Å². The summed E-state index contributed by atoms with van der Waals surface area (Å²) < 4.78 is 24.8. The Morgan fingerprint density at radius 3 is 2.27 bits per heavy atom. The second-order valence-corrected chi connectivity index (χ2v) is 6.98. The van der Waals surface area contributed by atoms with Crippen LogP contribution in [0, 0.1) is 5.92 Å². The summed E-state index contributed by atoms with van der Waals surface area (Å²) in [6, 6.07) is 6.87. The first-order valence-corrected chi connectivity index (χ1v) is 7.51. The van der Waals surface area contributed by atoms with Crippen LogP contribution in [-0.4, -0.2) is 14.2 Å². The number of sulfone groups is 1. The molecule has 0 saturated heterocycles. The van der Waals surface area contributed by atoms with Gasteiger partial charge in [0.1, 0.15) is 0 Å². The van der Waals surface area contributed by atoms with Crippen molar-refractivity contribution < 1.29 is 8.42 Å². The van der Waals surface area contributed by atoms with E-state index in [4.69, 9.17) is 0 Å². The molecule has 0 aromatic heterocycles. The van der Waals surface area contributed by atoms with Gasteiger partial charge in [0.2, 0.25) is 0 Å². The Balaban J connectivity index is 2.17. The Bertz CT molecular complexity index is 432. The molecule has 4 heteroatoms. The highest BCUT2D eigenvalue weighted by molar-refractivity contribution is 9.10. The van der Waals surface area contributed by atoms with Crippen LogP contribution in [0.1, 0.15) is 19.3 Å². The van der Waals surface area contributed by atoms with Crippen molar-refractivity contribution in [2.75, 3.05) is 5.75 Å². The Morgan fingerprint density at radius 2 is 1.80 bits per heavy atom. The summed E-state index contributed by atoms with van der Waals surface area (Å²) in [4.78, 5) is 0.442. The molecule has 1 aromatic carbocycles. The van der Waals surface area contributed by atoms with Crippen LogP contribution < -0.4 is 0 Å². The van der Waals surface area contributed by atoms with E-state index < -0.39 is 9.84 Å². The molecule has 0 amide bonds. The van der Waals surface area contributed by atoms with Crippen LogP contribution in [0.2, 0.25) is 0 Å². The van der Waals surface area contributed by atoms with Crippen LogP contribution in [-0.2, 0) is 9.84 Å². The highest BCUT2D eigenvalue weighted by Crippen LogP contribution is 2.29. The molecule has 0 radical (unpaired) electrons. The normalized spacial score (nSPS) is 17.4. The van der Waals surface area contributed by atoms with Crippen LogP contribution in [0.5, 0.6) is 0 Å². The third-order valence-corrected chi connectivity index (χ3v) is 5.28. The lowest BCUT2D eigenvalue weighted by molar-refractivity contribution is 0.347. The molecule has 2 nitrogen and oxygen atoms in total. The molecule has 0 bridgehead atoms. The lowest BCUT2D eigenvalue weighted by Crippen LogP contribution is -2.22. The summed E-state index contributed by atoms with van der Waals surface area (Å²) in [5, 5.41) is 0. The average Bonchev–Trinajstić information content (AvgIpc) is 2.13. The summed E-state index contributed by atoms with van der Waals surface area (Å²) in [6.45, 7) is 0. The van der Waals surface area contributed by atoms with Crippen molar-refractivity contribution in [3.05, 3.63) is 28.7 Å². The second-order valence-electron chi connectivity index (χ2n) is 4.03. The maximum absolute atomic E-state index is 11.9. The monoisotopic (exact) mass is 288 g/mol. The van der Waals surface area contributed by atoms with Gasteiger partial charge < -0.3 is 0 Å². The number of benzene rings is 1. The lowest BCUT2D eigenvalue weighted by atomic mass is 9.87. The van der Waals surface area contributed by atoms with E-state index in [1.54, 1.807) is 24.3 Å². The van der Waals surface area contributed by atoms with Gasteiger partial charge in [-0.05, 0) is 43.0 Å². The van der Waals surface area contributed by atoms with Crippen molar-refractivity contribution in [3.63, 3.8) is 0 Å². The first-order valence-electron chi connectivity index (χ1n) is 5.06. The van der Waals surface area contributed by atoms with Gasteiger partial charge in [0.15, 0.2) is 9.84 Å². The molecule has 1 aliphatic rings. The molecule has 0 heterocycles. The van der Waals surface area contributed by atoms with Crippen molar-refractivity contribution in [2.45, 2.75) is 24.2 Å². The SMILES string of the molecule is O=S(=O)(CC1CCC1)c1ccc(Br)cc1. The van der Waals surface area contributed by atoms with Crippen LogP contribution in [0.15, 0.2) is 33.6 Å². The van der Waals surface area contributed by atoms with E-state index in [-0.39, 0.29) is 0 Å². The third-order valence-electron chi connectivity index (χ3n) is 2.85. The van der Waals surface area contributed by atoms with Gasteiger partial charge in [-0.2, -0.15) is 0 Å². The molecular formula is C11H13BrO2S. The third kappa shape index (κ3) is 2.61.